The van der Waals surface area contributed by atoms with Crippen molar-refractivity contribution in [3.63, 3.8) is 0 Å². The van der Waals surface area contributed by atoms with E-state index in [0.29, 0.717) is 5.91 Å². The molecule has 4 nitrogen and oxygen atoms in total. The fraction of sp³-hybridized carbons (Fsp3) is 0.533. The first-order valence-corrected chi connectivity index (χ1v) is 6.98. The van der Waals surface area contributed by atoms with Crippen LogP contribution in [0.5, 0.6) is 5.75 Å². The molecule has 0 aromatic heterocycles. The molecule has 1 amide bonds. The van der Waals surface area contributed by atoms with Crippen LogP contribution >= 0.6 is 12.4 Å². The standard InChI is InChI=1S/C15H20N2O2.ClH/c1-19-13-2-3-14-12(10-13)6-9-17(14)15(18)11-4-7-16-8-5-11;/h2-3,10-11,16H,4-9H2,1H3;1H. The van der Waals surface area contributed by atoms with Gasteiger partial charge in [0.1, 0.15) is 5.75 Å². The molecule has 0 atom stereocenters. The second-order valence-electron chi connectivity index (χ2n) is 5.26. The molecule has 20 heavy (non-hydrogen) atoms. The molecule has 2 aliphatic rings. The van der Waals surface area contributed by atoms with Gasteiger partial charge in [-0.2, -0.15) is 0 Å². The van der Waals surface area contributed by atoms with Crippen LogP contribution in [0, 0.1) is 5.92 Å². The van der Waals surface area contributed by atoms with Gasteiger partial charge >= 0.3 is 0 Å². The van der Waals surface area contributed by atoms with Gasteiger partial charge in [-0.1, -0.05) is 0 Å². The summed E-state index contributed by atoms with van der Waals surface area (Å²) in [6.07, 6.45) is 2.85. The third kappa shape index (κ3) is 2.76. The number of methoxy groups -OCH3 is 1. The van der Waals surface area contributed by atoms with Crippen LogP contribution < -0.4 is 15.0 Å². The number of benzene rings is 1. The van der Waals surface area contributed by atoms with E-state index in [1.165, 1.54) is 5.56 Å². The number of anilines is 1. The van der Waals surface area contributed by atoms with Crippen LogP contribution in [0.2, 0.25) is 0 Å². The van der Waals surface area contributed by atoms with E-state index in [1.807, 2.05) is 23.1 Å². The molecule has 1 N–H and O–H groups in total. The highest BCUT2D eigenvalue weighted by Crippen LogP contribution is 2.33. The van der Waals surface area contributed by atoms with Gasteiger partial charge in [-0.05, 0) is 56.1 Å². The van der Waals surface area contributed by atoms with Crippen molar-refractivity contribution in [3.05, 3.63) is 23.8 Å². The minimum Gasteiger partial charge on any atom is -0.497 e. The van der Waals surface area contributed by atoms with Gasteiger partial charge in [0.15, 0.2) is 0 Å². The molecule has 0 unspecified atom stereocenters. The molecule has 2 heterocycles. The van der Waals surface area contributed by atoms with E-state index >= 15 is 0 Å². The van der Waals surface area contributed by atoms with Crippen LogP contribution in [0.15, 0.2) is 18.2 Å². The summed E-state index contributed by atoms with van der Waals surface area (Å²) in [5.41, 5.74) is 2.30. The van der Waals surface area contributed by atoms with Gasteiger partial charge in [0.2, 0.25) is 5.91 Å². The predicted octanol–water partition coefficient (Wildman–Crippen LogP) is 2.01. The summed E-state index contributed by atoms with van der Waals surface area (Å²) < 4.78 is 5.24. The zero-order chi connectivity index (χ0) is 13.2. The van der Waals surface area contributed by atoms with Crippen LogP contribution in [0.1, 0.15) is 18.4 Å². The van der Waals surface area contributed by atoms with Crippen molar-refractivity contribution in [1.82, 2.24) is 5.32 Å². The van der Waals surface area contributed by atoms with Crippen molar-refractivity contribution in [2.45, 2.75) is 19.3 Å². The first-order valence-electron chi connectivity index (χ1n) is 6.98. The van der Waals surface area contributed by atoms with Gasteiger partial charge < -0.3 is 15.0 Å². The maximum absolute atomic E-state index is 12.6. The number of carbonyl (C=O) groups excluding carboxylic acids is 1. The van der Waals surface area contributed by atoms with E-state index in [-0.39, 0.29) is 18.3 Å². The first kappa shape index (κ1) is 15.1. The molecule has 0 aliphatic carbocycles. The molecule has 3 rings (SSSR count). The number of carbonyl (C=O) groups is 1. The maximum Gasteiger partial charge on any atom is 0.230 e. The Morgan fingerprint density at radius 1 is 1.35 bits per heavy atom. The number of hydrogen-bond donors (Lipinski definition) is 1. The fourth-order valence-electron chi connectivity index (χ4n) is 3.02. The van der Waals surface area contributed by atoms with Crippen molar-refractivity contribution in [2.75, 3.05) is 31.6 Å². The van der Waals surface area contributed by atoms with Crippen LogP contribution in [-0.4, -0.2) is 32.7 Å². The highest BCUT2D eigenvalue weighted by atomic mass is 35.5. The molecule has 0 bridgehead atoms. The monoisotopic (exact) mass is 296 g/mol. The third-order valence-corrected chi connectivity index (χ3v) is 4.14. The fourth-order valence-corrected chi connectivity index (χ4v) is 3.02. The lowest BCUT2D eigenvalue weighted by atomic mass is 9.96. The van der Waals surface area contributed by atoms with E-state index in [4.69, 9.17) is 4.74 Å². The van der Waals surface area contributed by atoms with Crippen molar-refractivity contribution in [1.29, 1.82) is 0 Å². The number of nitrogens with zero attached hydrogens (tertiary/aromatic N) is 1. The number of ether oxygens (including phenoxy) is 1. The Morgan fingerprint density at radius 3 is 2.80 bits per heavy atom. The average molecular weight is 297 g/mol. The van der Waals surface area contributed by atoms with Gasteiger partial charge in [0.25, 0.3) is 0 Å². The number of fused-ring (bicyclic) bond motifs is 1. The molecule has 5 heteroatoms. The molecule has 2 aliphatic heterocycles. The van der Waals surface area contributed by atoms with E-state index in [2.05, 4.69) is 5.32 Å². The summed E-state index contributed by atoms with van der Waals surface area (Å²) in [6, 6.07) is 6.00. The van der Waals surface area contributed by atoms with Gasteiger partial charge in [-0.3, -0.25) is 4.79 Å². The lowest BCUT2D eigenvalue weighted by molar-refractivity contribution is -0.123. The second-order valence-corrected chi connectivity index (χ2v) is 5.26. The van der Waals surface area contributed by atoms with Gasteiger partial charge in [-0.15, -0.1) is 12.4 Å². The van der Waals surface area contributed by atoms with Crippen LogP contribution in [0.4, 0.5) is 5.69 Å². The van der Waals surface area contributed by atoms with E-state index in [9.17, 15) is 4.79 Å². The summed E-state index contributed by atoms with van der Waals surface area (Å²) in [4.78, 5) is 14.5. The van der Waals surface area contributed by atoms with Gasteiger partial charge in [0, 0.05) is 18.2 Å². The third-order valence-electron chi connectivity index (χ3n) is 4.14. The molecule has 110 valence electrons. The molecular formula is C15H21ClN2O2. The van der Waals surface area contributed by atoms with Crippen molar-refractivity contribution in [2.24, 2.45) is 5.92 Å². The SMILES string of the molecule is COc1ccc2c(c1)CCN2C(=O)C1CCNCC1.Cl. The lowest BCUT2D eigenvalue weighted by Crippen LogP contribution is -2.40. The second kappa shape index (κ2) is 6.46. The van der Waals surface area contributed by atoms with Crippen molar-refractivity contribution >= 4 is 24.0 Å². The minimum atomic E-state index is 0. The quantitative estimate of drug-likeness (QED) is 0.908. The normalized spacial score (nSPS) is 18.4. The zero-order valence-electron chi connectivity index (χ0n) is 11.7. The molecule has 1 saturated heterocycles. The number of piperidine rings is 1. The van der Waals surface area contributed by atoms with Crippen molar-refractivity contribution in [3.8, 4) is 5.75 Å². The van der Waals surface area contributed by atoms with Crippen molar-refractivity contribution < 1.29 is 9.53 Å². The highest BCUT2D eigenvalue weighted by molar-refractivity contribution is 5.97. The Hall–Kier alpha value is -1.26. The number of amides is 1. The largest absolute Gasteiger partial charge is 0.497 e. The van der Waals surface area contributed by atoms with Gasteiger partial charge in [-0.25, -0.2) is 0 Å². The molecule has 0 saturated carbocycles. The molecule has 1 aromatic carbocycles. The number of halogens is 1. The Labute approximate surface area is 125 Å². The summed E-state index contributed by atoms with van der Waals surface area (Å²) >= 11 is 0. The highest BCUT2D eigenvalue weighted by Gasteiger charge is 2.30. The van der Waals surface area contributed by atoms with Gasteiger partial charge in [0.05, 0.1) is 7.11 Å². The van der Waals surface area contributed by atoms with E-state index < -0.39 is 0 Å². The average Bonchev–Trinajstić information content (AvgIpc) is 2.90. The zero-order valence-corrected chi connectivity index (χ0v) is 12.5. The first-order chi connectivity index (χ1) is 9.29. The number of rotatable bonds is 2. The van der Waals surface area contributed by atoms with Crippen LogP contribution in [0.3, 0.4) is 0 Å². The molecule has 0 radical (unpaired) electrons. The summed E-state index contributed by atoms with van der Waals surface area (Å²) in [6.45, 7) is 2.73. The van der Waals surface area contributed by atoms with Crippen LogP contribution in [0.25, 0.3) is 0 Å². The van der Waals surface area contributed by atoms with Crippen LogP contribution in [-0.2, 0) is 11.2 Å². The molecule has 1 aromatic rings. The number of nitrogens with one attached hydrogen (secondary N) is 1. The lowest BCUT2D eigenvalue weighted by Gasteiger charge is -2.27. The Kier molecular flexibility index (Phi) is 4.89. The summed E-state index contributed by atoms with van der Waals surface area (Å²) in [7, 11) is 1.68. The Balaban J connectivity index is 0.00000147. The molecular weight excluding hydrogens is 276 g/mol. The maximum atomic E-state index is 12.6. The Morgan fingerprint density at radius 2 is 2.10 bits per heavy atom. The topological polar surface area (TPSA) is 41.6 Å². The molecule has 1 fully saturated rings. The number of hydrogen-bond acceptors (Lipinski definition) is 3. The van der Waals surface area contributed by atoms with E-state index in [0.717, 1.165) is 50.3 Å². The van der Waals surface area contributed by atoms with E-state index in [1.54, 1.807) is 7.11 Å². The predicted molar refractivity (Wildman–Crippen MR) is 81.9 cm³/mol. The molecule has 0 spiro atoms. The smallest absolute Gasteiger partial charge is 0.230 e. The minimum absolute atomic E-state index is 0. The summed E-state index contributed by atoms with van der Waals surface area (Å²) in [5.74, 6) is 1.36. The Bertz CT molecular complexity index is 487. The summed E-state index contributed by atoms with van der Waals surface area (Å²) in [5, 5.41) is 3.31.